The van der Waals surface area contributed by atoms with Crippen LogP contribution in [0.5, 0.6) is 0 Å². The third-order valence-electron chi connectivity index (χ3n) is 6.92. The number of halogens is 1. The monoisotopic (exact) mass is 512 g/mol. The Morgan fingerprint density at radius 2 is 1.56 bits per heavy atom. The summed E-state index contributed by atoms with van der Waals surface area (Å²) in [7, 11) is 0. The third kappa shape index (κ3) is 4.23. The molecule has 1 atom stereocenters. The molecule has 3 nitrogen and oxygen atoms in total. The second-order valence-electron chi connectivity index (χ2n) is 8.86. The summed E-state index contributed by atoms with van der Waals surface area (Å²) >= 11 is 3.55. The van der Waals surface area contributed by atoms with Crippen molar-refractivity contribution in [3.63, 3.8) is 0 Å². The summed E-state index contributed by atoms with van der Waals surface area (Å²) in [5, 5.41) is 0. The first-order valence-corrected chi connectivity index (χ1v) is 12.8. The van der Waals surface area contributed by atoms with Gasteiger partial charge in [0.25, 0.3) is 0 Å². The lowest BCUT2D eigenvalue weighted by Crippen LogP contribution is -2.22. The highest BCUT2D eigenvalue weighted by atomic mass is 79.9. The molecule has 0 saturated carbocycles. The van der Waals surface area contributed by atoms with Gasteiger partial charge in [-0.3, -0.25) is 4.79 Å². The quantitative estimate of drug-likeness (QED) is 0.264. The maximum Gasteiger partial charge on any atom is 0.165 e. The first-order chi connectivity index (χ1) is 16.6. The van der Waals surface area contributed by atoms with Crippen LogP contribution in [0.3, 0.4) is 0 Å². The van der Waals surface area contributed by atoms with Gasteiger partial charge in [-0.15, -0.1) is 0 Å². The van der Waals surface area contributed by atoms with E-state index in [1.807, 2.05) is 6.07 Å². The van der Waals surface area contributed by atoms with E-state index >= 15 is 0 Å². The van der Waals surface area contributed by atoms with Crippen LogP contribution >= 0.6 is 15.9 Å². The smallest absolute Gasteiger partial charge is 0.165 e. The van der Waals surface area contributed by atoms with E-state index in [-0.39, 0.29) is 11.7 Å². The topological polar surface area (TPSA) is 25.2 Å². The number of aromatic nitrogens is 1. The zero-order valence-electron chi connectivity index (χ0n) is 19.7. The lowest BCUT2D eigenvalue weighted by atomic mass is 9.82. The van der Waals surface area contributed by atoms with Gasteiger partial charge in [-0.1, -0.05) is 58.4 Å². The Morgan fingerprint density at radius 3 is 2.21 bits per heavy atom. The van der Waals surface area contributed by atoms with Crippen molar-refractivity contribution in [1.82, 2.24) is 4.57 Å². The summed E-state index contributed by atoms with van der Waals surface area (Å²) in [5.41, 5.74) is 7.69. The van der Waals surface area contributed by atoms with Crippen LogP contribution in [0.2, 0.25) is 0 Å². The molecule has 0 N–H and O–H groups in total. The average molecular weight is 513 g/mol. The van der Waals surface area contributed by atoms with Crippen molar-refractivity contribution in [3.05, 3.63) is 106 Å². The molecule has 0 radical (unpaired) electrons. The Morgan fingerprint density at radius 1 is 0.882 bits per heavy atom. The van der Waals surface area contributed by atoms with Crippen LogP contribution in [0.4, 0.5) is 5.69 Å². The Bertz CT molecular complexity index is 1290. The molecule has 0 amide bonds. The summed E-state index contributed by atoms with van der Waals surface area (Å²) in [6, 6.07) is 29.7. The largest absolute Gasteiger partial charge is 0.372 e. The fraction of sp³-hybridized carbons (Fsp3) is 0.233. The molecular formula is C30H29BrN2O. The molecule has 0 spiro atoms. The van der Waals surface area contributed by atoms with Crippen molar-refractivity contribution < 1.29 is 4.79 Å². The van der Waals surface area contributed by atoms with Gasteiger partial charge in [0.2, 0.25) is 0 Å². The Hall–Kier alpha value is -3.11. The average Bonchev–Trinajstić information content (AvgIpc) is 3.26. The zero-order chi connectivity index (χ0) is 23.7. The number of hydrogen-bond donors (Lipinski definition) is 0. The van der Waals surface area contributed by atoms with Gasteiger partial charge < -0.3 is 9.47 Å². The molecule has 34 heavy (non-hydrogen) atoms. The number of anilines is 1. The van der Waals surface area contributed by atoms with Crippen LogP contribution in [-0.4, -0.2) is 23.4 Å². The van der Waals surface area contributed by atoms with Gasteiger partial charge in [0.05, 0.1) is 5.69 Å². The summed E-state index contributed by atoms with van der Waals surface area (Å²) in [4.78, 5) is 15.7. The fourth-order valence-electron chi connectivity index (χ4n) is 5.12. The molecule has 1 heterocycles. The number of benzene rings is 3. The predicted molar refractivity (Wildman–Crippen MR) is 144 cm³/mol. The van der Waals surface area contributed by atoms with Crippen LogP contribution in [0.1, 0.15) is 47.8 Å². The van der Waals surface area contributed by atoms with Crippen LogP contribution in [0.15, 0.2) is 89.4 Å². The lowest BCUT2D eigenvalue weighted by molar-refractivity contribution is 0.0963. The van der Waals surface area contributed by atoms with E-state index < -0.39 is 0 Å². The van der Waals surface area contributed by atoms with Crippen molar-refractivity contribution in [2.24, 2.45) is 0 Å². The van der Waals surface area contributed by atoms with Gasteiger partial charge in [-0.05, 0) is 79.8 Å². The molecular weight excluding hydrogens is 484 g/mol. The minimum atomic E-state index is 0.197. The number of nitrogens with zero attached hydrogens (tertiary/aromatic N) is 2. The lowest BCUT2D eigenvalue weighted by Gasteiger charge is -2.25. The van der Waals surface area contributed by atoms with E-state index in [0.29, 0.717) is 6.42 Å². The van der Waals surface area contributed by atoms with E-state index in [1.165, 1.54) is 11.3 Å². The molecule has 0 unspecified atom stereocenters. The second kappa shape index (κ2) is 9.63. The number of ketones is 1. The van der Waals surface area contributed by atoms with Gasteiger partial charge in [0.1, 0.15) is 0 Å². The number of carbonyl (C=O) groups is 1. The maximum atomic E-state index is 13.3. The van der Waals surface area contributed by atoms with Crippen LogP contribution in [-0.2, 0) is 6.42 Å². The molecule has 172 valence electrons. The molecule has 0 saturated heterocycles. The van der Waals surface area contributed by atoms with Gasteiger partial charge in [0, 0.05) is 46.6 Å². The normalized spacial score (nSPS) is 15.3. The maximum absolute atomic E-state index is 13.3. The van der Waals surface area contributed by atoms with E-state index in [0.717, 1.165) is 52.2 Å². The van der Waals surface area contributed by atoms with Crippen molar-refractivity contribution in [1.29, 1.82) is 0 Å². The van der Waals surface area contributed by atoms with E-state index in [9.17, 15) is 4.79 Å². The minimum absolute atomic E-state index is 0.197. The van der Waals surface area contributed by atoms with Crippen LogP contribution in [0.25, 0.3) is 16.9 Å². The second-order valence-corrected chi connectivity index (χ2v) is 9.78. The van der Waals surface area contributed by atoms with E-state index in [2.05, 4.69) is 118 Å². The molecule has 4 aromatic rings. The molecule has 0 aliphatic heterocycles. The molecule has 1 aromatic heterocycles. The number of carbonyl (C=O) groups excluding carboxylic acids is 1. The Balaban J connectivity index is 1.65. The first kappa shape index (κ1) is 22.7. The van der Waals surface area contributed by atoms with Gasteiger partial charge in [-0.25, -0.2) is 0 Å². The fourth-order valence-corrected chi connectivity index (χ4v) is 5.39. The summed E-state index contributed by atoms with van der Waals surface area (Å²) in [6.07, 6.45) is 1.40. The molecule has 1 aliphatic carbocycles. The minimum Gasteiger partial charge on any atom is -0.372 e. The Kier molecular flexibility index (Phi) is 6.42. The van der Waals surface area contributed by atoms with Gasteiger partial charge in [-0.2, -0.15) is 0 Å². The predicted octanol–water partition coefficient (Wildman–Crippen LogP) is 7.67. The number of fused-ring (bicyclic) bond motifs is 1. The highest BCUT2D eigenvalue weighted by Crippen LogP contribution is 2.39. The summed E-state index contributed by atoms with van der Waals surface area (Å²) in [6.45, 7) is 6.32. The number of rotatable bonds is 6. The SMILES string of the molecule is CCN(CC)c1ccc(-n2c(-c3ccc(Br)cc3)cc3c2C[C@H](c2ccccc2)CC3=O)cc1. The van der Waals surface area contributed by atoms with Crippen molar-refractivity contribution >= 4 is 27.4 Å². The van der Waals surface area contributed by atoms with Crippen LogP contribution < -0.4 is 4.90 Å². The molecule has 4 heteroatoms. The highest BCUT2D eigenvalue weighted by Gasteiger charge is 2.31. The van der Waals surface area contributed by atoms with E-state index in [4.69, 9.17) is 0 Å². The standard InChI is InChI=1S/C30H29BrN2O/c1-3-32(4-2)25-14-16-26(17-15-25)33-28(22-10-12-24(31)13-11-22)20-27-29(33)18-23(19-30(27)34)21-8-6-5-7-9-21/h5-17,20,23H,3-4,18-19H2,1-2H3/t23-/m0/s1. The summed E-state index contributed by atoms with van der Waals surface area (Å²) < 4.78 is 3.35. The van der Waals surface area contributed by atoms with E-state index in [1.54, 1.807) is 0 Å². The van der Waals surface area contributed by atoms with Gasteiger partial charge in [0.15, 0.2) is 5.78 Å². The van der Waals surface area contributed by atoms with Crippen LogP contribution in [0, 0.1) is 0 Å². The van der Waals surface area contributed by atoms with Crippen molar-refractivity contribution in [2.75, 3.05) is 18.0 Å². The highest BCUT2D eigenvalue weighted by molar-refractivity contribution is 9.10. The van der Waals surface area contributed by atoms with Gasteiger partial charge >= 0.3 is 0 Å². The molecule has 0 bridgehead atoms. The molecule has 3 aromatic carbocycles. The first-order valence-electron chi connectivity index (χ1n) is 12.0. The molecule has 1 aliphatic rings. The third-order valence-corrected chi connectivity index (χ3v) is 7.45. The van der Waals surface area contributed by atoms with Crippen molar-refractivity contribution in [2.45, 2.75) is 32.6 Å². The van der Waals surface area contributed by atoms with Crippen molar-refractivity contribution in [3.8, 4) is 16.9 Å². The number of Topliss-reactive ketones (excluding diaryl/α,β-unsaturated/α-hetero) is 1. The Labute approximate surface area is 210 Å². The molecule has 0 fully saturated rings. The number of hydrogen-bond acceptors (Lipinski definition) is 2. The molecule has 5 rings (SSSR count). The summed E-state index contributed by atoms with van der Waals surface area (Å²) in [5.74, 6) is 0.426. The zero-order valence-corrected chi connectivity index (χ0v) is 21.3.